The number of ether oxygens (including phenoxy) is 2. The van der Waals surface area contributed by atoms with Crippen molar-refractivity contribution in [2.75, 3.05) is 6.79 Å². The Balaban J connectivity index is 1.69. The lowest BCUT2D eigenvalue weighted by Crippen LogP contribution is -2.17. The molecule has 0 saturated carbocycles. The van der Waals surface area contributed by atoms with Crippen LogP contribution in [0.2, 0.25) is 0 Å². The molecule has 0 radical (unpaired) electrons. The van der Waals surface area contributed by atoms with Crippen LogP contribution in [0.15, 0.2) is 27.8 Å². The summed E-state index contributed by atoms with van der Waals surface area (Å²) in [6.45, 7) is 3.75. The summed E-state index contributed by atoms with van der Waals surface area (Å²) in [6, 6.07) is 4.95. The number of carbonyl (C=O) groups excluding carboxylic acids is 1. The number of amides is 1. The van der Waals surface area contributed by atoms with Crippen molar-refractivity contribution >= 4 is 12.1 Å². The van der Waals surface area contributed by atoms with Crippen LogP contribution < -0.4 is 14.9 Å². The van der Waals surface area contributed by atoms with Crippen molar-refractivity contribution < 1.29 is 18.8 Å². The smallest absolute Gasteiger partial charge is 0.271 e. The zero-order valence-corrected chi connectivity index (χ0v) is 11.5. The van der Waals surface area contributed by atoms with Crippen molar-refractivity contribution in [1.82, 2.24) is 10.6 Å². The van der Waals surface area contributed by atoms with Crippen LogP contribution in [0.4, 0.5) is 0 Å². The maximum absolute atomic E-state index is 12.0. The highest BCUT2D eigenvalue weighted by Crippen LogP contribution is 2.32. The Bertz CT molecular complexity index is 702. The molecule has 0 atom stereocenters. The quantitative estimate of drug-likeness (QED) is 0.687. The maximum atomic E-state index is 12.0. The Morgan fingerprint density at radius 2 is 2.14 bits per heavy atom. The number of benzene rings is 1. The third-order valence-corrected chi connectivity index (χ3v) is 3.08. The van der Waals surface area contributed by atoms with E-state index in [2.05, 4.69) is 15.7 Å². The summed E-state index contributed by atoms with van der Waals surface area (Å²) in [7, 11) is 0. The number of aryl methyl sites for hydroxylation is 2. The van der Waals surface area contributed by atoms with Gasteiger partial charge >= 0.3 is 0 Å². The summed E-state index contributed by atoms with van der Waals surface area (Å²) < 4.78 is 15.4. The number of fused-ring (bicyclic) bond motifs is 1. The lowest BCUT2D eigenvalue weighted by Gasteiger charge is -2.01. The second-order valence-corrected chi connectivity index (χ2v) is 4.51. The van der Waals surface area contributed by atoms with E-state index in [1.165, 1.54) is 6.21 Å². The van der Waals surface area contributed by atoms with Crippen molar-refractivity contribution in [1.29, 1.82) is 0 Å². The fraction of sp³-hybridized carbons (Fsp3) is 0.214. The lowest BCUT2D eigenvalue weighted by molar-refractivity contribution is 0.0954. The van der Waals surface area contributed by atoms with Crippen molar-refractivity contribution in [3.63, 3.8) is 0 Å². The molecular weight excluding hydrogens is 274 g/mol. The predicted molar refractivity (Wildman–Crippen MR) is 73.6 cm³/mol. The largest absolute Gasteiger partial charge is 0.454 e. The summed E-state index contributed by atoms with van der Waals surface area (Å²) in [5.74, 6) is 1.49. The number of aromatic nitrogens is 1. The number of nitrogens with zero attached hydrogens (tertiary/aromatic N) is 2. The first kappa shape index (κ1) is 13.2. The van der Waals surface area contributed by atoms with Gasteiger partial charge in [-0.3, -0.25) is 4.79 Å². The van der Waals surface area contributed by atoms with Gasteiger partial charge in [-0.1, -0.05) is 5.16 Å². The van der Waals surface area contributed by atoms with Gasteiger partial charge in [0.1, 0.15) is 5.76 Å². The molecule has 0 spiro atoms. The Kier molecular flexibility index (Phi) is 3.31. The van der Waals surface area contributed by atoms with E-state index in [1.54, 1.807) is 32.0 Å². The first-order chi connectivity index (χ1) is 10.1. The van der Waals surface area contributed by atoms with Crippen molar-refractivity contribution in [3.8, 4) is 11.5 Å². The molecule has 7 nitrogen and oxygen atoms in total. The van der Waals surface area contributed by atoms with E-state index in [4.69, 9.17) is 14.0 Å². The topological polar surface area (TPSA) is 86.0 Å². The second-order valence-electron chi connectivity index (χ2n) is 4.51. The van der Waals surface area contributed by atoms with E-state index in [-0.39, 0.29) is 12.7 Å². The molecule has 7 heteroatoms. The van der Waals surface area contributed by atoms with Gasteiger partial charge in [0, 0.05) is 5.56 Å². The molecular formula is C14H13N3O4. The number of hydrogen-bond acceptors (Lipinski definition) is 6. The van der Waals surface area contributed by atoms with Crippen LogP contribution in [0.25, 0.3) is 0 Å². The standard InChI is InChI=1S/C14H13N3O4/c1-8-11(9(2)21-17-8)6-15-16-14(18)10-3-4-12-13(5-10)20-7-19-12/h3-6H,7H2,1-2H3,(H,16,18)/b15-6+. The van der Waals surface area contributed by atoms with Crippen LogP contribution >= 0.6 is 0 Å². The number of carbonyl (C=O) groups is 1. The van der Waals surface area contributed by atoms with Gasteiger partial charge in [-0.2, -0.15) is 5.10 Å². The predicted octanol–water partition coefficient (Wildman–Crippen LogP) is 1.78. The summed E-state index contributed by atoms with van der Waals surface area (Å²) in [4.78, 5) is 12.0. The fourth-order valence-corrected chi connectivity index (χ4v) is 1.93. The fourth-order valence-electron chi connectivity index (χ4n) is 1.93. The van der Waals surface area contributed by atoms with E-state index in [0.717, 1.165) is 5.56 Å². The van der Waals surface area contributed by atoms with Crippen LogP contribution in [-0.4, -0.2) is 24.1 Å². The molecule has 1 aliphatic rings. The number of nitrogens with one attached hydrogen (secondary N) is 1. The third kappa shape index (κ3) is 2.58. The van der Waals surface area contributed by atoms with Crippen LogP contribution in [0.3, 0.4) is 0 Å². The molecule has 21 heavy (non-hydrogen) atoms. The summed E-state index contributed by atoms with van der Waals surface area (Å²) in [5, 5.41) is 7.71. The van der Waals surface area contributed by atoms with E-state index in [0.29, 0.717) is 28.5 Å². The third-order valence-electron chi connectivity index (χ3n) is 3.08. The summed E-state index contributed by atoms with van der Waals surface area (Å²) >= 11 is 0. The molecule has 1 aromatic heterocycles. The van der Waals surface area contributed by atoms with Gasteiger partial charge in [0.25, 0.3) is 5.91 Å². The first-order valence-corrected chi connectivity index (χ1v) is 6.31. The molecule has 0 fully saturated rings. The monoisotopic (exact) mass is 287 g/mol. The molecule has 0 unspecified atom stereocenters. The van der Waals surface area contributed by atoms with Gasteiger partial charge in [0.15, 0.2) is 11.5 Å². The summed E-state index contributed by atoms with van der Waals surface area (Å²) in [5.41, 5.74) is 4.35. The molecule has 1 amide bonds. The number of hydrogen-bond donors (Lipinski definition) is 1. The SMILES string of the molecule is Cc1noc(C)c1/C=N/NC(=O)c1ccc2c(c1)OCO2. The van der Waals surface area contributed by atoms with E-state index < -0.39 is 0 Å². The Morgan fingerprint density at radius 3 is 2.90 bits per heavy atom. The molecule has 1 N–H and O–H groups in total. The van der Waals surface area contributed by atoms with Gasteiger partial charge in [-0.05, 0) is 32.0 Å². The van der Waals surface area contributed by atoms with Gasteiger partial charge in [0.05, 0.1) is 17.5 Å². The van der Waals surface area contributed by atoms with Crippen molar-refractivity contribution in [2.45, 2.75) is 13.8 Å². The van der Waals surface area contributed by atoms with Gasteiger partial charge in [-0.15, -0.1) is 0 Å². The average molecular weight is 287 g/mol. The van der Waals surface area contributed by atoms with Gasteiger partial charge < -0.3 is 14.0 Å². The highest BCUT2D eigenvalue weighted by atomic mass is 16.7. The van der Waals surface area contributed by atoms with E-state index in [9.17, 15) is 4.79 Å². The van der Waals surface area contributed by atoms with Crippen LogP contribution in [0.1, 0.15) is 27.4 Å². The Hall–Kier alpha value is -2.83. The summed E-state index contributed by atoms with van der Waals surface area (Å²) in [6.07, 6.45) is 1.51. The van der Waals surface area contributed by atoms with Gasteiger partial charge in [0.2, 0.25) is 6.79 Å². The minimum absolute atomic E-state index is 0.171. The van der Waals surface area contributed by atoms with Crippen molar-refractivity contribution in [3.05, 3.63) is 40.8 Å². The number of hydrazone groups is 1. The average Bonchev–Trinajstić information content (AvgIpc) is 3.07. The minimum Gasteiger partial charge on any atom is -0.454 e. The molecule has 2 heterocycles. The van der Waals surface area contributed by atoms with Crippen LogP contribution in [0, 0.1) is 13.8 Å². The van der Waals surface area contributed by atoms with Crippen molar-refractivity contribution in [2.24, 2.45) is 5.10 Å². The molecule has 1 aliphatic heterocycles. The molecule has 3 rings (SSSR count). The Morgan fingerprint density at radius 1 is 1.33 bits per heavy atom. The zero-order chi connectivity index (χ0) is 14.8. The Labute approximate surface area is 120 Å². The maximum Gasteiger partial charge on any atom is 0.271 e. The van der Waals surface area contributed by atoms with Crippen LogP contribution in [0.5, 0.6) is 11.5 Å². The normalized spacial score (nSPS) is 12.9. The minimum atomic E-state index is -0.337. The highest BCUT2D eigenvalue weighted by molar-refractivity contribution is 5.95. The zero-order valence-electron chi connectivity index (χ0n) is 11.5. The molecule has 1 aromatic carbocycles. The second kappa shape index (κ2) is 5.28. The first-order valence-electron chi connectivity index (χ1n) is 6.31. The lowest BCUT2D eigenvalue weighted by atomic mass is 10.2. The molecule has 0 saturated heterocycles. The molecule has 0 aliphatic carbocycles. The van der Waals surface area contributed by atoms with E-state index >= 15 is 0 Å². The van der Waals surface area contributed by atoms with Crippen LogP contribution in [-0.2, 0) is 0 Å². The molecule has 2 aromatic rings. The van der Waals surface area contributed by atoms with Gasteiger partial charge in [-0.25, -0.2) is 5.43 Å². The number of rotatable bonds is 3. The highest BCUT2D eigenvalue weighted by Gasteiger charge is 2.16. The van der Waals surface area contributed by atoms with E-state index in [1.807, 2.05) is 0 Å². The molecule has 0 bridgehead atoms. The molecule has 108 valence electrons.